The van der Waals surface area contributed by atoms with Crippen LogP contribution < -0.4 is 0 Å². The van der Waals surface area contributed by atoms with Crippen molar-refractivity contribution in [2.75, 3.05) is 40.2 Å². The van der Waals surface area contributed by atoms with Crippen LogP contribution in [-0.2, 0) is 37.2 Å². The van der Waals surface area contributed by atoms with Gasteiger partial charge < -0.3 is 14.0 Å². The molecule has 0 radical (unpaired) electrons. The minimum absolute atomic E-state index is 0.103. The van der Waals surface area contributed by atoms with E-state index in [4.69, 9.17) is 4.74 Å². The Labute approximate surface area is 161 Å². The van der Waals surface area contributed by atoms with Crippen molar-refractivity contribution in [1.82, 2.24) is 14.5 Å². The van der Waals surface area contributed by atoms with Crippen LogP contribution in [0.5, 0.6) is 0 Å². The predicted octanol–water partition coefficient (Wildman–Crippen LogP) is 1.49. The molecular formula is C18H31N3O5S. The molecule has 1 aliphatic carbocycles. The molecule has 0 amide bonds. The van der Waals surface area contributed by atoms with E-state index in [-0.39, 0.29) is 29.3 Å². The van der Waals surface area contributed by atoms with Crippen molar-refractivity contribution in [3.63, 3.8) is 0 Å². The van der Waals surface area contributed by atoms with Gasteiger partial charge in [-0.05, 0) is 25.8 Å². The highest BCUT2D eigenvalue weighted by atomic mass is 32.2. The molecule has 1 aliphatic rings. The molecule has 2 rings (SSSR count). The third kappa shape index (κ3) is 6.29. The molecule has 0 N–H and O–H groups in total. The normalized spacial score (nSPS) is 16.0. The Hall–Kier alpha value is -1.45. The molecule has 0 spiro atoms. The van der Waals surface area contributed by atoms with Gasteiger partial charge in [-0.15, -0.1) is 0 Å². The Bertz CT molecular complexity index is 711. The van der Waals surface area contributed by atoms with Gasteiger partial charge in [0.1, 0.15) is 0 Å². The summed E-state index contributed by atoms with van der Waals surface area (Å²) in [5, 5.41) is 0.103. The van der Waals surface area contributed by atoms with Gasteiger partial charge in [-0.3, -0.25) is 9.69 Å². The van der Waals surface area contributed by atoms with Crippen molar-refractivity contribution < 1.29 is 22.7 Å². The number of hydrogen-bond acceptors (Lipinski definition) is 7. The second kappa shape index (κ2) is 10.2. The molecule has 9 heteroatoms. The first-order valence-corrected chi connectivity index (χ1v) is 11.0. The Morgan fingerprint density at radius 3 is 2.63 bits per heavy atom. The predicted molar refractivity (Wildman–Crippen MR) is 101 cm³/mol. The third-order valence-electron chi connectivity index (χ3n) is 4.94. The molecule has 8 nitrogen and oxygen atoms in total. The molecule has 0 aliphatic heterocycles. The van der Waals surface area contributed by atoms with Crippen molar-refractivity contribution >= 4 is 15.8 Å². The van der Waals surface area contributed by atoms with E-state index < -0.39 is 9.84 Å². The van der Waals surface area contributed by atoms with Crippen LogP contribution in [0.3, 0.4) is 0 Å². The van der Waals surface area contributed by atoms with Crippen molar-refractivity contribution in [2.24, 2.45) is 5.92 Å². The first kappa shape index (κ1) is 21.8. The number of ether oxygens (including phenoxy) is 2. The number of aromatic nitrogens is 2. The highest BCUT2D eigenvalue weighted by Crippen LogP contribution is 2.27. The summed E-state index contributed by atoms with van der Waals surface area (Å²) in [5.74, 6) is 0.0152. The summed E-state index contributed by atoms with van der Waals surface area (Å²) >= 11 is 0. The van der Waals surface area contributed by atoms with Crippen LogP contribution >= 0.6 is 0 Å². The summed E-state index contributed by atoms with van der Waals surface area (Å²) in [7, 11) is 1.22. The van der Waals surface area contributed by atoms with Gasteiger partial charge >= 0.3 is 5.97 Å². The number of rotatable bonds is 10. The van der Waals surface area contributed by atoms with Crippen LogP contribution in [0.15, 0.2) is 11.4 Å². The zero-order valence-electron chi connectivity index (χ0n) is 16.5. The second-order valence-electron chi connectivity index (χ2n) is 7.21. The van der Waals surface area contributed by atoms with Crippen molar-refractivity contribution in [2.45, 2.75) is 50.4 Å². The third-order valence-corrected chi connectivity index (χ3v) is 6.73. The van der Waals surface area contributed by atoms with Gasteiger partial charge in [0.25, 0.3) is 0 Å². The van der Waals surface area contributed by atoms with Gasteiger partial charge in [-0.1, -0.05) is 19.3 Å². The molecule has 154 valence electrons. The number of carbonyl (C=O) groups is 1. The molecule has 1 fully saturated rings. The summed E-state index contributed by atoms with van der Waals surface area (Å²) < 4.78 is 37.5. The van der Waals surface area contributed by atoms with Gasteiger partial charge in [-0.25, -0.2) is 13.4 Å². The smallest absolute Gasteiger partial charge is 0.319 e. The lowest BCUT2D eigenvalue weighted by atomic mass is 9.91. The number of esters is 1. The average molecular weight is 402 g/mol. The Kier molecular flexibility index (Phi) is 8.25. The monoisotopic (exact) mass is 401 g/mol. The summed E-state index contributed by atoms with van der Waals surface area (Å²) in [5.41, 5.74) is 0.737. The van der Waals surface area contributed by atoms with Crippen LogP contribution in [0.1, 0.15) is 37.8 Å². The molecule has 1 saturated carbocycles. The summed E-state index contributed by atoms with van der Waals surface area (Å²) in [6.45, 7) is 1.30. The molecule has 0 bridgehead atoms. The molecule has 0 aromatic carbocycles. The number of nitrogens with zero attached hydrogens (tertiary/aromatic N) is 3. The largest absolute Gasteiger partial charge is 0.468 e. The second-order valence-corrected chi connectivity index (χ2v) is 9.14. The van der Waals surface area contributed by atoms with Gasteiger partial charge in [0.05, 0.1) is 37.9 Å². The fraction of sp³-hybridized carbons (Fsp3) is 0.778. The Balaban J connectivity index is 2.19. The number of carbonyl (C=O) groups excluding carboxylic acids is 1. The highest BCUT2D eigenvalue weighted by Gasteiger charge is 2.28. The summed E-state index contributed by atoms with van der Waals surface area (Å²) in [4.78, 5) is 17.5. The zero-order chi connectivity index (χ0) is 19.9. The van der Waals surface area contributed by atoms with E-state index in [0.717, 1.165) is 31.4 Å². The molecule has 0 unspecified atom stereocenters. The maximum absolute atomic E-state index is 13.0. The molecule has 0 saturated heterocycles. The maximum atomic E-state index is 13.0. The summed E-state index contributed by atoms with van der Waals surface area (Å²) in [6, 6.07) is 0. The van der Waals surface area contributed by atoms with Gasteiger partial charge in [0.2, 0.25) is 15.0 Å². The lowest BCUT2D eigenvalue weighted by molar-refractivity contribution is -0.141. The summed E-state index contributed by atoms with van der Waals surface area (Å²) in [6.07, 6.45) is 6.90. The van der Waals surface area contributed by atoms with Gasteiger partial charge in [0, 0.05) is 20.2 Å². The van der Waals surface area contributed by atoms with Crippen LogP contribution in [0, 0.1) is 5.92 Å². The Morgan fingerprint density at radius 2 is 2.00 bits per heavy atom. The van der Waals surface area contributed by atoms with E-state index in [9.17, 15) is 13.2 Å². The maximum Gasteiger partial charge on any atom is 0.319 e. The standard InChI is InChI=1S/C18H31N3O5S/c1-20(13-17(22)26-3)12-16-11-19-18(21(16)9-10-25-2)27(23,24)14-15-7-5-4-6-8-15/h11,15H,4-10,12-14H2,1-3H3. The van der Waals surface area contributed by atoms with Crippen molar-refractivity contribution in [1.29, 1.82) is 0 Å². The fourth-order valence-corrected chi connectivity index (χ4v) is 5.40. The zero-order valence-corrected chi connectivity index (χ0v) is 17.3. The van der Waals surface area contributed by atoms with Crippen LogP contribution in [-0.4, -0.2) is 69.0 Å². The van der Waals surface area contributed by atoms with E-state index >= 15 is 0 Å². The first-order valence-electron chi connectivity index (χ1n) is 9.38. The van der Waals surface area contributed by atoms with Gasteiger partial charge in [0.15, 0.2) is 0 Å². The molecule has 1 aromatic rings. The van der Waals surface area contributed by atoms with Crippen molar-refractivity contribution in [3.8, 4) is 0 Å². The Morgan fingerprint density at radius 1 is 1.30 bits per heavy atom. The van der Waals surface area contributed by atoms with E-state index in [1.165, 1.54) is 13.5 Å². The number of imidazole rings is 1. The molecule has 1 heterocycles. The topological polar surface area (TPSA) is 90.7 Å². The number of methoxy groups -OCH3 is 2. The van der Waals surface area contributed by atoms with Crippen LogP contribution in [0.25, 0.3) is 0 Å². The average Bonchev–Trinajstić information content (AvgIpc) is 3.03. The molecule has 1 aromatic heterocycles. The number of sulfone groups is 1. The minimum atomic E-state index is -3.48. The number of likely N-dealkylation sites (N-methyl/N-ethyl adjacent to an activating group) is 1. The van der Waals surface area contributed by atoms with E-state index in [1.807, 2.05) is 0 Å². The van der Waals surface area contributed by atoms with Gasteiger partial charge in [-0.2, -0.15) is 0 Å². The first-order chi connectivity index (χ1) is 12.9. The molecular weight excluding hydrogens is 370 g/mol. The lowest BCUT2D eigenvalue weighted by Gasteiger charge is -2.22. The number of hydrogen-bond donors (Lipinski definition) is 0. The van der Waals surface area contributed by atoms with Crippen molar-refractivity contribution in [3.05, 3.63) is 11.9 Å². The SMILES string of the molecule is COCCn1c(CN(C)CC(=O)OC)cnc1S(=O)(=O)CC1CCCCC1. The quantitative estimate of drug-likeness (QED) is 0.549. The molecule has 27 heavy (non-hydrogen) atoms. The van der Waals surface area contributed by atoms with Crippen LogP contribution in [0.4, 0.5) is 0 Å². The molecule has 0 atom stereocenters. The highest BCUT2D eigenvalue weighted by molar-refractivity contribution is 7.91. The lowest BCUT2D eigenvalue weighted by Crippen LogP contribution is -2.28. The van der Waals surface area contributed by atoms with E-state index in [2.05, 4.69) is 9.72 Å². The minimum Gasteiger partial charge on any atom is -0.468 e. The van der Waals surface area contributed by atoms with Crippen LogP contribution in [0.2, 0.25) is 0 Å². The fourth-order valence-electron chi connectivity index (χ4n) is 3.54. The van der Waals surface area contributed by atoms with E-state index in [0.29, 0.717) is 19.7 Å². The van der Waals surface area contributed by atoms with E-state index in [1.54, 1.807) is 29.8 Å².